The summed E-state index contributed by atoms with van der Waals surface area (Å²) in [5, 5.41) is 0. The molecule has 0 aromatic carbocycles. The van der Waals surface area contributed by atoms with Crippen molar-refractivity contribution in [2.24, 2.45) is 23.7 Å². The lowest BCUT2D eigenvalue weighted by Gasteiger charge is -2.56. The smallest absolute Gasteiger partial charge is 0.195 e. The third kappa shape index (κ3) is 2.22. The fourth-order valence-corrected chi connectivity index (χ4v) is 7.04. The van der Waals surface area contributed by atoms with Gasteiger partial charge in [-0.25, -0.2) is 0 Å². The van der Waals surface area contributed by atoms with Gasteiger partial charge < -0.3 is 0 Å². The molecule has 0 unspecified atom stereocenters. The summed E-state index contributed by atoms with van der Waals surface area (Å²) >= 11 is 0. The first-order chi connectivity index (χ1) is 9.47. The molecule has 4 rings (SSSR count). The average Bonchev–Trinajstić information content (AvgIpc) is 2.38. The minimum atomic E-state index is -3.28. The third-order valence-electron chi connectivity index (χ3n) is 5.99. The van der Waals surface area contributed by atoms with Crippen LogP contribution >= 0.6 is 0 Å². The summed E-state index contributed by atoms with van der Waals surface area (Å²) in [6.07, 6.45) is 6.45. The predicted octanol–water partition coefficient (Wildman–Crippen LogP) is 2.33. The van der Waals surface area contributed by atoms with Crippen molar-refractivity contribution in [3.05, 3.63) is 0 Å². The molecule has 0 amide bonds. The molecule has 0 radical (unpaired) electrons. The Hall–Kier alpha value is -0.130. The molecule has 4 aliphatic carbocycles. The Bertz CT molecular complexity index is 430. The molecular weight excluding hydrogens is 272 g/mol. The van der Waals surface area contributed by atoms with Gasteiger partial charge in [0, 0.05) is 26.2 Å². The summed E-state index contributed by atoms with van der Waals surface area (Å²) in [5.74, 6) is 3.00. The van der Waals surface area contributed by atoms with Gasteiger partial charge in [0.2, 0.25) is 0 Å². The maximum absolute atomic E-state index is 12.8. The van der Waals surface area contributed by atoms with Crippen molar-refractivity contribution in [2.75, 3.05) is 20.1 Å². The summed E-state index contributed by atoms with van der Waals surface area (Å²) in [6.45, 7) is 4.98. The van der Waals surface area contributed by atoms with Crippen LogP contribution < -0.4 is 0 Å². The largest absolute Gasteiger partial charge is 0.281 e. The van der Waals surface area contributed by atoms with Crippen LogP contribution in [0.5, 0.6) is 0 Å². The minimum absolute atomic E-state index is 0.258. The van der Waals surface area contributed by atoms with Gasteiger partial charge in [0.15, 0.2) is 0 Å². The molecule has 20 heavy (non-hydrogen) atoms. The van der Waals surface area contributed by atoms with Crippen LogP contribution in [0.1, 0.15) is 46.0 Å². The Morgan fingerprint density at radius 1 is 0.900 bits per heavy atom. The van der Waals surface area contributed by atoms with Crippen LogP contribution in [0.25, 0.3) is 0 Å². The SMILES string of the molecule is CCN(CC)S(=O)(=O)N(C)C1C2CC3CC(C2)CC1C3. The van der Waals surface area contributed by atoms with E-state index in [-0.39, 0.29) is 6.04 Å². The highest BCUT2D eigenvalue weighted by Crippen LogP contribution is 2.55. The highest BCUT2D eigenvalue weighted by molar-refractivity contribution is 7.86. The average molecular weight is 300 g/mol. The monoisotopic (exact) mass is 300 g/mol. The number of nitrogens with zero attached hydrogens (tertiary/aromatic N) is 2. The molecule has 0 aromatic rings. The van der Waals surface area contributed by atoms with E-state index >= 15 is 0 Å². The Balaban J connectivity index is 1.82. The Labute approximate surface area is 123 Å². The van der Waals surface area contributed by atoms with Gasteiger partial charge in [-0.15, -0.1) is 0 Å². The first kappa shape index (κ1) is 14.8. The van der Waals surface area contributed by atoms with Crippen LogP contribution in [0.3, 0.4) is 0 Å². The van der Waals surface area contributed by atoms with Gasteiger partial charge in [-0.2, -0.15) is 17.0 Å². The van der Waals surface area contributed by atoms with Gasteiger partial charge in [0.1, 0.15) is 0 Å². The number of hydrogen-bond acceptors (Lipinski definition) is 2. The van der Waals surface area contributed by atoms with Gasteiger partial charge >= 0.3 is 0 Å². The van der Waals surface area contributed by atoms with E-state index in [0.717, 1.165) is 11.8 Å². The molecule has 0 atom stereocenters. The van der Waals surface area contributed by atoms with Crippen molar-refractivity contribution in [3.63, 3.8) is 0 Å². The zero-order valence-corrected chi connectivity index (χ0v) is 13.8. The molecule has 116 valence electrons. The van der Waals surface area contributed by atoms with Crippen LogP contribution in [0.4, 0.5) is 0 Å². The van der Waals surface area contributed by atoms with Crippen molar-refractivity contribution in [2.45, 2.75) is 52.0 Å². The quantitative estimate of drug-likeness (QED) is 0.782. The Morgan fingerprint density at radius 3 is 1.75 bits per heavy atom. The van der Waals surface area contributed by atoms with E-state index < -0.39 is 10.2 Å². The zero-order chi connectivity index (χ0) is 14.5. The first-order valence-electron chi connectivity index (χ1n) is 8.20. The van der Waals surface area contributed by atoms with E-state index in [0.29, 0.717) is 24.9 Å². The fraction of sp³-hybridized carbons (Fsp3) is 1.00. The molecule has 4 saturated carbocycles. The maximum Gasteiger partial charge on any atom is 0.281 e. The molecule has 0 aromatic heterocycles. The highest BCUT2D eigenvalue weighted by Gasteiger charge is 2.51. The molecule has 0 saturated heterocycles. The molecule has 5 heteroatoms. The lowest BCUT2D eigenvalue weighted by molar-refractivity contribution is -0.0363. The van der Waals surface area contributed by atoms with Crippen LogP contribution in [-0.4, -0.2) is 43.2 Å². The van der Waals surface area contributed by atoms with E-state index in [2.05, 4.69) is 0 Å². The van der Waals surface area contributed by atoms with Crippen LogP contribution in [0.2, 0.25) is 0 Å². The standard InChI is InChI=1S/C15H28N2O2S/c1-4-17(5-2)20(18,19)16(3)15-13-7-11-6-12(9-13)10-14(15)8-11/h11-15H,4-10H2,1-3H3. The summed E-state index contributed by atoms with van der Waals surface area (Å²) in [6, 6.07) is 0.258. The second-order valence-corrected chi connectivity index (χ2v) is 9.02. The van der Waals surface area contributed by atoms with Crippen molar-refractivity contribution in [1.29, 1.82) is 0 Å². The Kier molecular flexibility index (Phi) is 3.89. The Morgan fingerprint density at radius 2 is 1.35 bits per heavy atom. The fourth-order valence-electron chi connectivity index (χ4n) is 5.38. The van der Waals surface area contributed by atoms with E-state index in [1.165, 1.54) is 32.1 Å². The van der Waals surface area contributed by atoms with Crippen molar-refractivity contribution in [3.8, 4) is 0 Å². The normalized spacial score (nSPS) is 40.0. The summed E-state index contributed by atoms with van der Waals surface area (Å²) < 4.78 is 28.9. The van der Waals surface area contributed by atoms with E-state index in [9.17, 15) is 8.42 Å². The lowest BCUT2D eigenvalue weighted by atomic mass is 9.54. The summed E-state index contributed by atoms with van der Waals surface area (Å²) in [5.41, 5.74) is 0. The van der Waals surface area contributed by atoms with Crippen LogP contribution in [0, 0.1) is 23.7 Å². The van der Waals surface area contributed by atoms with E-state index in [4.69, 9.17) is 0 Å². The molecule has 4 fully saturated rings. The third-order valence-corrected chi connectivity index (χ3v) is 8.13. The van der Waals surface area contributed by atoms with Gasteiger partial charge in [0.25, 0.3) is 10.2 Å². The minimum Gasteiger partial charge on any atom is -0.195 e. The maximum atomic E-state index is 12.8. The van der Waals surface area contributed by atoms with Crippen LogP contribution in [-0.2, 0) is 10.2 Å². The number of hydrogen-bond donors (Lipinski definition) is 0. The molecular formula is C15H28N2O2S. The van der Waals surface area contributed by atoms with Gasteiger partial charge in [-0.05, 0) is 55.8 Å². The second kappa shape index (κ2) is 5.25. The summed E-state index contributed by atoms with van der Waals surface area (Å²) in [4.78, 5) is 0. The van der Waals surface area contributed by atoms with Crippen molar-refractivity contribution in [1.82, 2.24) is 8.61 Å². The molecule has 0 N–H and O–H groups in total. The zero-order valence-electron chi connectivity index (χ0n) is 13.0. The predicted molar refractivity (Wildman–Crippen MR) is 80.4 cm³/mol. The lowest BCUT2D eigenvalue weighted by Crippen LogP contribution is -2.58. The molecule has 0 aliphatic heterocycles. The van der Waals surface area contributed by atoms with Gasteiger partial charge in [-0.3, -0.25) is 0 Å². The first-order valence-corrected chi connectivity index (χ1v) is 9.60. The van der Waals surface area contributed by atoms with E-state index in [1.54, 1.807) is 8.61 Å². The molecule has 4 bridgehead atoms. The van der Waals surface area contributed by atoms with Gasteiger partial charge in [0.05, 0.1) is 0 Å². The number of rotatable bonds is 5. The summed E-state index contributed by atoms with van der Waals surface area (Å²) in [7, 11) is -1.46. The van der Waals surface area contributed by atoms with Crippen molar-refractivity contribution >= 4 is 10.2 Å². The second-order valence-electron chi connectivity index (χ2n) is 7.03. The van der Waals surface area contributed by atoms with E-state index in [1.807, 2.05) is 20.9 Å². The molecule has 4 aliphatic rings. The topological polar surface area (TPSA) is 40.6 Å². The van der Waals surface area contributed by atoms with Crippen molar-refractivity contribution < 1.29 is 8.42 Å². The molecule has 4 nitrogen and oxygen atoms in total. The van der Waals surface area contributed by atoms with Crippen LogP contribution in [0.15, 0.2) is 0 Å². The molecule has 0 spiro atoms. The van der Waals surface area contributed by atoms with Gasteiger partial charge in [-0.1, -0.05) is 13.8 Å². The molecule has 0 heterocycles. The highest BCUT2D eigenvalue weighted by atomic mass is 32.2.